The Morgan fingerprint density at radius 2 is 1.85 bits per heavy atom. The van der Waals surface area contributed by atoms with Crippen molar-refractivity contribution in [2.45, 2.75) is 6.92 Å². The van der Waals surface area contributed by atoms with Crippen molar-refractivity contribution in [1.82, 2.24) is 19.5 Å². The minimum Gasteiger partial charge on any atom is -0.493 e. The van der Waals surface area contributed by atoms with E-state index in [0.717, 1.165) is 11.8 Å². The fraction of sp³-hybridized carbons (Fsp3) is 0.118. The number of nitrogens with one attached hydrogen (secondary N) is 1. The molecule has 1 amide bonds. The summed E-state index contributed by atoms with van der Waals surface area (Å²) in [4.78, 5) is 15.9. The summed E-state index contributed by atoms with van der Waals surface area (Å²) in [6, 6.07) is 9.79. The highest BCUT2D eigenvalue weighted by molar-refractivity contribution is 7.89. The fourth-order valence-electron chi connectivity index (χ4n) is 2.50. The van der Waals surface area contributed by atoms with Gasteiger partial charge in [-0.25, -0.2) is 18.1 Å². The molecule has 3 rings (SSSR count). The van der Waals surface area contributed by atoms with Crippen LogP contribution < -0.4 is 4.72 Å². The van der Waals surface area contributed by atoms with E-state index in [1.165, 1.54) is 23.0 Å². The van der Waals surface area contributed by atoms with Crippen LogP contribution in [0.3, 0.4) is 0 Å². The molecular formula is C17H15ClN4O4S. The van der Waals surface area contributed by atoms with E-state index in [4.69, 9.17) is 11.6 Å². The largest absolute Gasteiger partial charge is 0.493 e. The van der Waals surface area contributed by atoms with Crippen LogP contribution in [0.25, 0.3) is 16.9 Å². The molecule has 0 saturated carbocycles. The number of nitrogens with zero attached hydrogens (tertiary/aromatic N) is 3. The Hall–Kier alpha value is -2.91. The van der Waals surface area contributed by atoms with Crippen LogP contribution in [0.5, 0.6) is 5.88 Å². The third-order valence-corrected chi connectivity index (χ3v) is 4.48. The Morgan fingerprint density at radius 1 is 1.19 bits per heavy atom. The van der Waals surface area contributed by atoms with Crippen LogP contribution in [0.2, 0.25) is 5.02 Å². The first-order valence-corrected chi connectivity index (χ1v) is 9.96. The first kappa shape index (κ1) is 18.9. The third kappa shape index (κ3) is 4.09. The summed E-state index contributed by atoms with van der Waals surface area (Å²) in [5.41, 5.74) is 1.91. The van der Waals surface area contributed by atoms with Crippen molar-refractivity contribution < 1.29 is 18.3 Å². The Labute approximate surface area is 160 Å². The molecule has 0 fully saturated rings. The van der Waals surface area contributed by atoms with E-state index in [-0.39, 0.29) is 17.3 Å². The first-order valence-electron chi connectivity index (χ1n) is 7.69. The summed E-state index contributed by atoms with van der Waals surface area (Å²) in [5, 5.41) is 15.5. The van der Waals surface area contributed by atoms with Crippen molar-refractivity contribution in [2.24, 2.45) is 0 Å². The smallest absolute Gasteiger partial charge is 0.266 e. The highest BCUT2D eigenvalue weighted by atomic mass is 35.5. The van der Waals surface area contributed by atoms with Gasteiger partial charge >= 0.3 is 0 Å². The summed E-state index contributed by atoms with van der Waals surface area (Å²) in [6.45, 7) is 1.74. The molecule has 10 heteroatoms. The molecule has 0 aliphatic heterocycles. The number of hydrogen-bond acceptors (Lipinski definition) is 6. The average molecular weight is 407 g/mol. The lowest BCUT2D eigenvalue weighted by Gasteiger charge is -2.05. The number of carbonyl (C=O) groups excluding carboxylic acids is 1. The summed E-state index contributed by atoms with van der Waals surface area (Å²) in [7, 11) is -3.67. The molecule has 0 aliphatic carbocycles. The molecule has 0 aliphatic rings. The molecule has 1 aromatic carbocycles. The van der Waals surface area contributed by atoms with Crippen LogP contribution in [-0.2, 0) is 10.0 Å². The van der Waals surface area contributed by atoms with E-state index in [1.807, 2.05) is 4.72 Å². The molecule has 0 atom stereocenters. The number of sulfonamides is 1. The Morgan fingerprint density at radius 3 is 2.41 bits per heavy atom. The Bertz CT molecular complexity index is 1110. The van der Waals surface area contributed by atoms with Gasteiger partial charge in [0, 0.05) is 11.2 Å². The quantitative estimate of drug-likeness (QED) is 0.687. The van der Waals surface area contributed by atoms with E-state index in [1.54, 1.807) is 31.2 Å². The lowest BCUT2D eigenvalue weighted by Crippen LogP contribution is -2.29. The third-order valence-electron chi connectivity index (χ3n) is 3.67. The number of carbonyl (C=O) groups is 1. The highest BCUT2D eigenvalue weighted by Crippen LogP contribution is 2.34. The van der Waals surface area contributed by atoms with Gasteiger partial charge < -0.3 is 5.11 Å². The van der Waals surface area contributed by atoms with Gasteiger partial charge in [-0.1, -0.05) is 23.7 Å². The molecule has 2 heterocycles. The molecule has 0 radical (unpaired) electrons. The second kappa shape index (κ2) is 7.01. The molecule has 0 bridgehead atoms. The highest BCUT2D eigenvalue weighted by Gasteiger charge is 2.19. The molecule has 8 nitrogen and oxygen atoms in total. The van der Waals surface area contributed by atoms with E-state index >= 15 is 0 Å². The summed E-state index contributed by atoms with van der Waals surface area (Å²) >= 11 is 5.90. The second-order valence-corrected chi connectivity index (χ2v) is 8.00. The Kier molecular flexibility index (Phi) is 4.90. The summed E-state index contributed by atoms with van der Waals surface area (Å²) in [6.07, 6.45) is 2.09. The van der Waals surface area contributed by atoms with Crippen molar-refractivity contribution in [3.8, 4) is 22.8 Å². The van der Waals surface area contributed by atoms with Crippen LogP contribution in [0.4, 0.5) is 0 Å². The lowest BCUT2D eigenvalue weighted by molar-refractivity contribution is 0.0981. The van der Waals surface area contributed by atoms with Crippen molar-refractivity contribution in [1.29, 1.82) is 0 Å². The van der Waals surface area contributed by atoms with Gasteiger partial charge in [-0.05, 0) is 36.8 Å². The van der Waals surface area contributed by atoms with Gasteiger partial charge in [0.25, 0.3) is 5.91 Å². The van der Waals surface area contributed by atoms with E-state index < -0.39 is 15.9 Å². The fourth-order valence-corrected chi connectivity index (χ4v) is 3.08. The Balaban J connectivity index is 1.95. The number of amides is 1. The number of rotatable bonds is 4. The topological polar surface area (TPSA) is 114 Å². The minimum atomic E-state index is -3.67. The van der Waals surface area contributed by atoms with Gasteiger partial charge in [-0.15, -0.1) is 0 Å². The van der Waals surface area contributed by atoms with Gasteiger partial charge in [0.05, 0.1) is 23.1 Å². The zero-order valence-electron chi connectivity index (χ0n) is 14.3. The molecule has 2 N–H and O–H groups in total. The van der Waals surface area contributed by atoms with E-state index in [9.17, 15) is 18.3 Å². The molecule has 0 spiro atoms. The zero-order chi connectivity index (χ0) is 19.8. The molecular weight excluding hydrogens is 392 g/mol. The first-order chi connectivity index (χ1) is 12.7. The number of aromatic nitrogens is 3. The van der Waals surface area contributed by atoms with Gasteiger partial charge in [-0.2, -0.15) is 9.78 Å². The number of aromatic hydroxyl groups is 1. The van der Waals surface area contributed by atoms with Crippen LogP contribution in [0.15, 0.2) is 42.6 Å². The van der Waals surface area contributed by atoms with Gasteiger partial charge in [0.2, 0.25) is 15.9 Å². The molecule has 2 aromatic heterocycles. The maximum absolute atomic E-state index is 11.8. The molecule has 0 saturated heterocycles. The van der Waals surface area contributed by atoms with Crippen molar-refractivity contribution >= 4 is 27.5 Å². The predicted molar refractivity (Wildman–Crippen MR) is 101 cm³/mol. The van der Waals surface area contributed by atoms with Crippen molar-refractivity contribution in [3.63, 3.8) is 0 Å². The SMILES string of the molecule is Cc1nn(-c2ccc(C(=O)NS(C)(=O)=O)cn2)c(O)c1-c1ccc(Cl)cc1. The number of pyridine rings is 1. The number of halogens is 1. The average Bonchev–Trinajstić information content (AvgIpc) is 2.89. The monoisotopic (exact) mass is 406 g/mol. The van der Waals surface area contributed by atoms with Crippen LogP contribution in [0, 0.1) is 6.92 Å². The summed E-state index contributed by atoms with van der Waals surface area (Å²) < 4.78 is 25.4. The van der Waals surface area contributed by atoms with Crippen molar-refractivity contribution in [3.05, 3.63) is 58.9 Å². The molecule has 0 unspecified atom stereocenters. The minimum absolute atomic E-state index is 0.0606. The van der Waals surface area contributed by atoms with Gasteiger partial charge in [-0.3, -0.25) is 4.79 Å². The van der Waals surface area contributed by atoms with Gasteiger partial charge in [0.15, 0.2) is 5.82 Å². The second-order valence-electron chi connectivity index (χ2n) is 5.81. The zero-order valence-corrected chi connectivity index (χ0v) is 15.9. The van der Waals surface area contributed by atoms with Crippen LogP contribution >= 0.6 is 11.6 Å². The molecule has 27 heavy (non-hydrogen) atoms. The standard InChI is InChI=1S/C17H15ClN4O4S/c1-10-15(11-3-6-13(18)7-4-11)17(24)22(20-10)14-8-5-12(9-19-14)16(23)21-27(2,25)26/h3-9,24H,1-2H3,(H,21,23). The maximum Gasteiger partial charge on any atom is 0.266 e. The number of aryl methyl sites for hydroxylation is 1. The predicted octanol–water partition coefficient (Wildman–Crippen LogP) is 2.29. The normalized spacial score (nSPS) is 11.4. The lowest BCUT2D eigenvalue weighted by atomic mass is 10.1. The number of hydrogen-bond donors (Lipinski definition) is 2. The molecule has 3 aromatic rings. The molecule has 140 valence electrons. The van der Waals surface area contributed by atoms with Crippen LogP contribution in [-0.4, -0.2) is 40.5 Å². The number of benzene rings is 1. The van der Waals surface area contributed by atoms with E-state index in [2.05, 4.69) is 10.1 Å². The van der Waals surface area contributed by atoms with E-state index in [0.29, 0.717) is 16.3 Å². The van der Waals surface area contributed by atoms with Crippen molar-refractivity contribution in [2.75, 3.05) is 6.26 Å². The van der Waals surface area contributed by atoms with Crippen LogP contribution in [0.1, 0.15) is 16.1 Å². The maximum atomic E-state index is 11.8. The summed E-state index contributed by atoms with van der Waals surface area (Å²) in [5.74, 6) is -0.637. The van der Waals surface area contributed by atoms with Gasteiger partial charge in [0.1, 0.15) is 0 Å².